The fourth-order valence-electron chi connectivity index (χ4n) is 1.92. The second-order valence-electron chi connectivity index (χ2n) is 3.95. The maximum atomic E-state index is 4.61. The van der Waals surface area contributed by atoms with Crippen molar-refractivity contribution in [2.24, 2.45) is 4.99 Å². The van der Waals surface area contributed by atoms with Crippen LogP contribution in [0.4, 0.5) is 5.69 Å². The summed E-state index contributed by atoms with van der Waals surface area (Å²) in [5.74, 6) is 0.856. The maximum absolute atomic E-state index is 4.61. The van der Waals surface area contributed by atoms with Crippen molar-refractivity contribution in [3.63, 3.8) is 0 Å². The Morgan fingerprint density at radius 2 is 1.59 bits per heavy atom. The summed E-state index contributed by atoms with van der Waals surface area (Å²) in [7, 11) is 0. The fraction of sp³-hybridized carbons (Fsp3) is 0. The van der Waals surface area contributed by atoms with Gasteiger partial charge in [-0.25, -0.2) is 4.99 Å². The molecular formula is C15H12N2. The molecule has 0 fully saturated rings. The lowest BCUT2D eigenvalue weighted by Crippen LogP contribution is -2.25. The number of para-hydroxylation sites is 1. The normalized spacial score (nSPS) is 13.6. The number of fused-ring (bicyclic) bond motifs is 1. The van der Waals surface area contributed by atoms with Crippen molar-refractivity contribution in [1.29, 1.82) is 0 Å². The van der Waals surface area contributed by atoms with E-state index in [1.54, 1.807) is 0 Å². The molecule has 1 heterocycles. The van der Waals surface area contributed by atoms with Crippen LogP contribution in [-0.4, -0.2) is 5.84 Å². The minimum Gasteiger partial charge on any atom is -0.340 e. The number of hydrogen-bond acceptors (Lipinski definition) is 2. The topological polar surface area (TPSA) is 24.4 Å². The number of aliphatic imine (C=N–C) groups is 1. The molecule has 2 nitrogen and oxygen atoms in total. The summed E-state index contributed by atoms with van der Waals surface area (Å²) in [6, 6.07) is 18.1. The Labute approximate surface area is 100 Å². The first-order valence-corrected chi connectivity index (χ1v) is 5.54. The molecule has 0 unspecified atom stereocenters. The average molecular weight is 220 g/mol. The van der Waals surface area contributed by atoms with Gasteiger partial charge in [-0.3, -0.25) is 0 Å². The third-order valence-electron chi connectivity index (χ3n) is 2.78. The van der Waals surface area contributed by atoms with E-state index in [1.807, 2.05) is 54.6 Å². The zero-order valence-corrected chi connectivity index (χ0v) is 9.35. The first kappa shape index (κ1) is 9.85. The number of nitrogens with one attached hydrogen (secondary N) is 1. The number of nitrogens with zero attached hydrogens (tertiary/aromatic N) is 1. The number of hydrogen-bond donors (Lipinski definition) is 1. The van der Waals surface area contributed by atoms with Gasteiger partial charge in [0.25, 0.3) is 0 Å². The fourth-order valence-corrected chi connectivity index (χ4v) is 1.92. The highest BCUT2D eigenvalue weighted by molar-refractivity contribution is 6.07. The summed E-state index contributed by atoms with van der Waals surface area (Å²) in [6.07, 6.45) is 0. The van der Waals surface area contributed by atoms with Crippen LogP contribution in [0, 0.1) is 0 Å². The van der Waals surface area contributed by atoms with E-state index in [1.165, 1.54) is 0 Å². The molecule has 0 saturated carbocycles. The first-order chi connectivity index (χ1) is 8.34. The Morgan fingerprint density at radius 3 is 2.41 bits per heavy atom. The van der Waals surface area contributed by atoms with Gasteiger partial charge in [-0.05, 0) is 6.07 Å². The molecule has 0 atom stereocenters. The van der Waals surface area contributed by atoms with Crippen LogP contribution in [0.5, 0.6) is 0 Å². The summed E-state index contributed by atoms with van der Waals surface area (Å²) >= 11 is 0. The molecular weight excluding hydrogens is 208 g/mol. The molecule has 0 aliphatic carbocycles. The SMILES string of the molecule is C=C1NC(c2ccccc2)=Nc2ccccc21. The van der Waals surface area contributed by atoms with Gasteiger partial charge < -0.3 is 5.32 Å². The zero-order chi connectivity index (χ0) is 11.7. The Hall–Kier alpha value is -2.35. The molecule has 0 amide bonds. The van der Waals surface area contributed by atoms with E-state index in [9.17, 15) is 0 Å². The second kappa shape index (κ2) is 3.91. The molecule has 0 spiro atoms. The third-order valence-corrected chi connectivity index (χ3v) is 2.78. The predicted octanol–water partition coefficient (Wildman–Crippen LogP) is 3.34. The molecule has 17 heavy (non-hydrogen) atoms. The third kappa shape index (κ3) is 1.74. The van der Waals surface area contributed by atoms with Gasteiger partial charge in [0.2, 0.25) is 0 Å². The van der Waals surface area contributed by atoms with Gasteiger partial charge in [0, 0.05) is 16.8 Å². The lowest BCUT2D eigenvalue weighted by atomic mass is 10.1. The maximum Gasteiger partial charge on any atom is 0.138 e. The van der Waals surface area contributed by atoms with Crippen molar-refractivity contribution in [3.05, 3.63) is 72.3 Å². The molecule has 2 heteroatoms. The van der Waals surface area contributed by atoms with Gasteiger partial charge in [-0.1, -0.05) is 55.1 Å². The number of rotatable bonds is 1. The van der Waals surface area contributed by atoms with E-state index in [0.717, 1.165) is 28.3 Å². The Bertz CT molecular complexity index is 597. The van der Waals surface area contributed by atoms with E-state index in [4.69, 9.17) is 0 Å². The molecule has 1 N–H and O–H groups in total. The van der Waals surface area contributed by atoms with Crippen molar-refractivity contribution in [2.75, 3.05) is 0 Å². The lowest BCUT2D eigenvalue weighted by molar-refractivity contribution is 1.22. The standard InChI is InChI=1S/C15H12N2/c1-11-13-9-5-6-10-14(13)17-15(16-11)12-7-3-2-4-8-12/h2-10H,1H2,(H,16,17). The average Bonchev–Trinajstić information content (AvgIpc) is 2.40. The van der Waals surface area contributed by atoms with Gasteiger partial charge >= 0.3 is 0 Å². The molecule has 2 aromatic rings. The predicted molar refractivity (Wildman–Crippen MR) is 71.3 cm³/mol. The van der Waals surface area contributed by atoms with Crippen LogP contribution in [0.1, 0.15) is 11.1 Å². The van der Waals surface area contributed by atoms with Crippen LogP contribution in [0.15, 0.2) is 66.2 Å². The first-order valence-electron chi connectivity index (χ1n) is 5.54. The lowest BCUT2D eigenvalue weighted by Gasteiger charge is -2.19. The Balaban J connectivity index is 2.11. The van der Waals surface area contributed by atoms with Crippen LogP contribution >= 0.6 is 0 Å². The van der Waals surface area contributed by atoms with Gasteiger partial charge in [0.15, 0.2) is 0 Å². The molecule has 2 aromatic carbocycles. The summed E-state index contributed by atoms with van der Waals surface area (Å²) in [5.41, 5.74) is 4.00. The molecule has 0 radical (unpaired) electrons. The van der Waals surface area contributed by atoms with Crippen molar-refractivity contribution < 1.29 is 0 Å². The molecule has 0 bridgehead atoms. The minimum atomic E-state index is 0.856. The van der Waals surface area contributed by atoms with Gasteiger partial charge in [-0.2, -0.15) is 0 Å². The molecule has 0 aromatic heterocycles. The van der Waals surface area contributed by atoms with Crippen LogP contribution in [0.2, 0.25) is 0 Å². The van der Waals surface area contributed by atoms with Crippen LogP contribution < -0.4 is 5.32 Å². The van der Waals surface area contributed by atoms with Crippen molar-refractivity contribution in [1.82, 2.24) is 5.32 Å². The molecule has 82 valence electrons. The molecule has 3 rings (SSSR count). The summed E-state index contributed by atoms with van der Waals surface area (Å²) in [5, 5.41) is 3.24. The summed E-state index contributed by atoms with van der Waals surface area (Å²) in [6.45, 7) is 4.04. The summed E-state index contributed by atoms with van der Waals surface area (Å²) < 4.78 is 0. The van der Waals surface area contributed by atoms with Crippen LogP contribution in [0.3, 0.4) is 0 Å². The molecule has 1 aliphatic rings. The van der Waals surface area contributed by atoms with E-state index < -0.39 is 0 Å². The highest BCUT2D eigenvalue weighted by Crippen LogP contribution is 2.28. The smallest absolute Gasteiger partial charge is 0.138 e. The van der Waals surface area contributed by atoms with Gasteiger partial charge in [0.1, 0.15) is 5.84 Å². The second-order valence-corrected chi connectivity index (χ2v) is 3.95. The van der Waals surface area contributed by atoms with Crippen LogP contribution in [0.25, 0.3) is 5.70 Å². The number of amidine groups is 1. The minimum absolute atomic E-state index is 0.856. The van der Waals surface area contributed by atoms with Crippen molar-refractivity contribution in [2.45, 2.75) is 0 Å². The van der Waals surface area contributed by atoms with E-state index >= 15 is 0 Å². The van der Waals surface area contributed by atoms with E-state index in [0.29, 0.717) is 0 Å². The highest BCUT2D eigenvalue weighted by Gasteiger charge is 2.14. The van der Waals surface area contributed by atoms with Crippen molar-refractivity contribution in [3.8, 4) is 0 Å². The Morgan fingerprint density at radius 1 is 0.882 bits per heavy atom. The van der Waals surface area contributed by atoms with Gasteiger partial charge in [-0.15, -0.1) is 0 Å². The summed E-state index contributed by atoms with van der Waals surface area (Å²) in [4.78, 5) is 4.61. The quantitative estimate of drug-likeness (QED) is 0.783. The highest BCUT2D eigenvalue weighted by atomic mass is 15.0. The largest absolute Gasteiger partial charge is 0.340 e. The van der Waals surface area contributed by atoms with E-state index in [-0.39, 0.29) is 0 Å². The van der Waals surface area contributed by atoms with Crippen molar-refractivity contribution >= 4 is 17.2 Å². The molecule has 0 saturated heterocycles. The van der Waals surface area contributed by atoms with Crippen LogP contribution in [-0.2, 0) is 0 Å². The number of benzene rings is 2. The molecule has 1 aliphatic heterocycles. The van der Waals surface area contributed by atoms with Gasteiger partial charge in [0.05, 0.1) is 5.69 Å². The Kier molecular flexibility index (Phi) is 2.26. The van der Waals surface area contributed by atoms with E-state index in [2.05, 4.69) is 16.9 Å². The monoisotopic (exact) mass is 220 g/mol. The zero-order valence-electron chi connectivity index (χ0n) is 9.35.